The summed E-state index contributed by atoms with van der Waals surface area (Å²) in [4.78, 5) is 16.9. The van der Waals surface area contributed by atoms with Gasteiger partial charge in [0.25, 0.3) is 5.91 Å². The zero-order chi connectivity index (χ0) is 18.2. The Balaban J connectivity index is 2.10. The average molecular weight is 381 g/mol. The third-order valence-corrected chi connectivity index (χ3v) is 6.35. The van der Waals surface area contributed by atoms with E-state index in [0.29, 0.717) is 29.6 Å². The van der Waals surface area contributed by atoms with Gasteiger partial charge in [0.2, 0.25) is 10.0 Å². The zero-order valence-electron chi connectivity index (χ0n) is 13.5. The van der Waals surface area contributed by atoms with Crippen LogP contribution in [-0.4, -0.2) is 42.0 Å². The molecule has 9 heteroatoms. The number of benzene rings is 1. The molecule has 1 atom stereocenters. The molecule has 132 valence electrons. The number of carbonyl (C=O) groups excluding carboxylic acids is 1. The maximum Gasteiger partial charge on any atom is 0.266 e. The number of thiazole rings is 1. The van der Waals surface area contributed by atoms with Crippen molar-refractivity contribution >= 4 is 37.5 Å². The summed E-state index contributed by atoms with van der Waals surface area (Å²) >= 11 is 1.15. The van der Waals surface area contributed by atoms with Crippen molar-refractivity contribution in [1.29, 1.82) is 0 Å². The fraction of sp³-hybridized carbons (Fsp3) is 0.375. The molecule has 6 nitrogen and oxygen atoms in total. The van der Waals surface area contributed by atoms with Gasteiger partial charge in [0.15, 0.2) is 4.80 Å². The number of para-hydroxylation sites is 1. The minimum Gasteiger partial charge on any atom is -0.302 e. The minimum absolute atomic E-state index is 0.0630. The second kappa shape index (κ2) is 6.71. The fourth-order valence-corrected chi connectivity index (χ4v) is 5.13. The van der Waals surface area contributed by atoms with Crippen molar-refractivity contribution in [2.24, 2.45) is 4.99 Å². The third kappa shape index (κ3) is 3.38. The molecule has 0 saturated carbocycles. The van der Waals surface area contributed by atoms with E-state index in [4.69, 9.17) is 6.42 Å². The lowest BCUT2D eigenvalue weighted by atomic mass is 10.2. The molecule has 1 saturated heterocycles. The molecule has 0 aliphatic carbocycles. The number of sulfonamides is 1. The molecule has 1 amide bonds. The van der Waals surface area contributed by atoms with E-state index in [1.54, 1.807) is 12.1 Å². The van der Waals surface area contributed by atoms with Gasteiger partial charge in [0, 0.05) is 6.54 Å². The number of aromatic nitrogens is 1. The predicted molar refractivity (Wildman–Crippen MR) is 93.7 cm³/mol. The van der Waals surface area contributed by atoms with Crippen LogP contribution in [0.2, 0.25) is 0 Å². The van der Waals surface area contributed by atoms with Gasteiger partial charge in [-0.3, -0.25) is 4.79 Å². The Kier molecular flexibility index (Phi) is 4.77. The molecule has 1 aromatic carbocycles. The van der Waals surface area contributed by atoms with Crippen LogP contribution in [0.1, 0.15) is 12.8 Å². The summed E-state index contributed by atoms with van der Waals surface area (Å²) in [7, 11) is -3.48. The monoisotopic (exact) mass is 381 g/mol. The maximum absolute atomic E-state index is 14.1. The SMILES string of the molecule is C#CCn1c(=NC(=O)C2CCCN2S(C)(=O)=O)sc2cccc(F)c21. The molecule has 2 heterocycles. The Morgan fingerprint density at radius 3 is 2.96 bits per heavy atom. The first-order chi connectivity index (χ1) is 11.8. The average Bonchev–Trinajstić information content (AvgIpc) is 3.14. The summed E-state index contributed by atoms with van der Waals surface area (Å²) < 4.78 is 41.0. The first-order valence-electron chi connectivity index (χ1n) is 7.59. The van der Waals surface area contributed by atoms with Crippen LogP contribution < -0.4 is 4.80 Å². The number of hydrogen-bond donors (Lipinski definition) is 0. The smallest absolute Gasteiger partial charge is 0.266 e. The van der Waals surface area contributed by atoms with E-state index in [0.717, 1.165) is 21.9 Å². The number of rotatable bonds is 3. The van der Waals surface area contributed by atoms with Crippen LogP contribution in [0.15, 0.2) is 23.2 Å². The van der Waals surface area contributed by atoms with Crippen molar-refractivity contribution in [3.05, 3.63) is 28.8 Å². The van der Waals surface area contributed by atoms with E-state index in [1.165, 1.54) is 10.6 Å². The zero-order valence-corrected chi connectivity index (χ0v) is 15.1. The molecular formula is C16H16FN3O3S2. The Morgan fingerprint density at radius 2 is 2.28 bits per heavy atom. The lowest BCUT2D eigenvalue weighted by Gasteiger charge is -2.18. The van der Waals surface area contributed by atoms with E-state index < -0.39 is 27.8 Å². The number of terminal acetylenes is 1. The number of carbonyl (C=O) groups is 1. The van der Waals surface area contributed by atoms with E-state index in [-0.39, 0.29) is 11.3 Å². The van der Waals surface area contributed by atoms with Crippen molar-refractivity contribution in [1.82, 2.24) is 8.87 Å². The molecule has 1 unspecified atom stereocenters. The van der Waals surface area contributed by atoms with E-state index >= 15 is 0 Å². The highest BCUT2D eigenvalue weighted by molar-refractivity contribution is 7.88. The standard InChI is InChI=1S/C16H16FN3O3S2/c1-3-9-19-14-11(17)6-4-8-13(14)24-16(19)18-15(21)12-7-5-10-20(12)25(2,22)23/h1,4,6,8,12H,5,7,9-10H2,2H3. The molecule has 1 aliphatic heterocycles. The first-order valence-corrected chi connectivity index (χ1v) is 10.3. The van der Waals surface area contributed by atoms with Crippen LogP contribution in [0.25, 0.3) is 10.2 Å². The lowest BCUT2D eigenvalue weighted by Crippen LogP contribution is -2.39. The van der Waals surface area contributed by atoms with Gasteiger partial charge in [-0.25, -0.2) is 12.8 Å². The molecule has 0 bridgehead atoms. The van der Waals surface area contributed by atoms with Gasteiger partial charge in [-0.1, -0.05) is 23.3 Å². The first kappa shape index (κ1) is 17.8. The second-order valence-electron chi connectivity index (χ2n) is 5.74. The van der Waals surface area contributed by atoms with Gasteiger partial charge in [-0.05, 0) is 25.0 Å². The normalized spacial score (nSPS) is 19.4. The topological polar surface area (TPSA) is 71.7 Å². The summed E-state index contributed by atoms with van der Waals surface area (Å²) in [6, 6.07) is 3.79. The van der Waals surface area contributed by atoms with Crippen molar-refractivity contribution < 1.29 is 17.6 Å². The van der Waals surface area contributed by atoms with Crippen LogP contribution in [0, 0.1) is 18.2 Å². The van der Waals surface area contributed by atoms with Crippen LogP contribution in [0.4, 0.5) is 4.39 Å². The number of hydrogen-bond acceptors (Lipinski definition) is 4. The number of nitrogens with zero attached hydrogens (tertiary/aromatic N) is 3. The number of halogens is 1. The van der Waals surface area contributed by atoms with Crippen molar-refractivity contribution in [3.63, 3.8) is 0 Å². The molecule has 1 fully saturated rings. The van der Waals surface area contributed by atoms with Crippen LogP contribution >= 0.6 is 11.3 Å². The lowest BCUT2D eigenvalue weighted by molar-refractivity contribution is -0.121. The molecule has 3 rings (SSSR count). The van der Waals surface area contributed by atoms with Crippen molar-refractivity contribution in [3.8, 4) is 12.3 Å². The van der Waals surface area contributed by atoms with Gasteiger partial charge in [-0.15, -0.1) is 6.42 Å². The molecule has 25 heavy (non-hydrogen) atoms. The number of amides is 1. The summed E-state index contributed by atoms with van der Waals surface area (Å²) in [5.74, 6) is 1.43. The fourth-order valence-electron chi connectivity index (χ4n) is 2.96. The largest absolute Gasteiger partial charge is 0.302 e. The van der Waals surface area contributed by atoms with Crippen LogP contribution in [0.5, 0.6) is 0 Å². The summed E-state index contributed by atoms with van der Waals surface area (Å²) in [6.45, 7) is 0.365. The molecule has 1 aliphatic rings. The van der Waals surface area contributed by atoms with Gasteiger partial charge < -0.3 is 4.57 Å². The van der Waals surface area contributed by atoms with Crippen LogP contribution in [-0.2, 0) is 21.4 Å². The van der Waals surface area contributed by atoms with E-state index in [9.17, 15) is 17.6 Å². The van der Waals surface area contributed by atoms with Crippen molar-refractivity contribution in [2.45, 2.75) is 25.4 Å². The quantitative estimate of drug-likeness (QED) is 0.753. The molecule has 0 N–H and O–H groups in total. The maximum atomic E-state index is 14.1. The predicted octanol–water partition coefficient (Wildman–Crippen LogP) is 1.33. The Morgan fingerprint density at radius 1 is 1.52 bits per heavy atom. The Hall–Kier alpha value is -2.02. The van der Waals surface area contributed by atoms with Crippen LogP contribution in [0.3, 0.4) is 0 Å². The van der Waals surface area contributed by atoms with Crippen molar-refractivity contribution in [2.75, 3.05) is 12.8 Å². The second-order valence-corrected chi connectivity index (χ2v) is 8.69. The third-order valence-electron chi connectivity index (χ3n) is 4.02. The van der Waals surface area contributed by atoms with Gasteiger partial charge in [-0.2, -0.15) is 9.30 Å². The molecule has 2 aromatic rings. The Labute approximate surface area is 148 Å². The summed E-state index contributed by atoms with van der Waals surface area (Å²) in [6.07, 6.45) is 7.46. The van der Waals surface area contributed by atoms with Gasteiger partial charge >= 0.3 is 0 Å². The van der Waals surface area contributed by atoms with E-state index in [1.807, 2.05) is 0 Å². The summed E-state index contributed by atoms with van der Waals surface area (Å²) in [5.41, 5.74) is 0.295. The molecule has 0 radical (unpaired) electrons. The van der Waals surface area contributed by atoms with E-state index in [2.05, 4.69) is 10.9 Å². The number of fused-ring (bicyclic) bond motifs is 1. The molecule has 0 spiro atoms. The van der Waals surface area contributed by atoms with Gasteiger partial charge in [0.05, 0.1) is 23.0 Å². The highest BCUT2D eigenvalue weighted by Crippen LogP contribution is 2.23. The molecular weight excluding hydrogens is 365 g/mol. The summed E-state index contributed by atoms with van der Waals surface area (Å²) in [5, 5.41) is 0. The molecule has 1 aromatic heterocycles. The Bertz CT molecular complexity index is 1050. The van der Waals surface area contributed by atoms with Gasteiger partial charge in [0.1, 0.15) is 11.9 Å². The highest BCUT2D eigenvalue weighted by Gasteiger charge is 2.36. The highest BCUT2D eigenvalue weighted by atomic mass is 32.2. The minimum atomic E-state index is -3.48.